The van der Waals surface area contributed by atoms with E-state index in [-0.39, 0.29) is 0 Å². The molecule has 9 aromatic rings. The number of rotatable bonds is 4. The first-order chi connectivity index (χ1) is 23.8. The minimum Gasteiger partial charge on any atom is -0.456 e. The standard InChI is InChI=1S/C46H29NO/c1-3-12-30(13-4-1)35-25-27-44-45-38(35)20-11-21-39(45)41-29-32(24-26-43(41)48-44)31-14-9-15-33(28-31)36-19-10-22-40-37-18-7-8-23-42(37)47(46(36)40)34-16-5-2-6-17-34/h1-29H. The minimum absolute atomic E-state index is 0.888. The summed E-state index contributed by atoms with van der Waals surface area (Å²) in [6.45, 7) is 0. The third kappa shape index (κ3) is 4.06. The highest BCUT2D eigenvalue weighted by Gasteiger charge is 2.22. The lowest BCUT2D eigenvalue weighted by Crippen LogP contribution is -1.98. The molecule has 0 unspecified atom stereocenters. The van der Waals surface area contributed by atoms with Crippen molar-refractivity contribution in [1.29, 1.82) is 0 Å². The maximum absolute atomic E-state index is 6.55. The summed E-state index contributed by atoms with van der Waals surface area (Å²) in [6.07, 6.45) is 0. The number of ether oxygens (including phenoxy) is 1. The molecule has 0 N–H and O–H groups in total. The van der Waals surface area contributed by atoms with Crippen molar-refractivity contribution in [3.8, 4) is 61.7 Å². The van der Waals surface area contributed by atoms with Gasteiger partial charge < -0.3 is 9.30 Å². The van der Waals surface area contributed by atoms with Gasteiger partial charge in [-0.1, -0.05) is 133 Å². The van der Waals surface area contributed by atoms with Gasteiger partial charge in [0.2, 0.25) is 0 Å². The molecule has 0 atom stereocenters. The summed E-state index contributed by atoms with van der Waals surface area (Å²) in [5, 5.41) is 4.88. The molecule has 0 radical (unpaired) electrons. The monoisotopic (exact) mass is 611 g/mol. The van der Waals surface area contributed by atoms with Gasteiger partial charge >= 0.3 is 0 Å². The third-order valence-electron chi connectivity index (χ3n) is 9.79. The van der Waals surface area contributed by atoms with Crippen LogP contribution in [0, 0.1) is 0 Å². The Hall–Kier alpha value is -6.38. The molecule has 1 aliphatic rings. The van der Waals surface area contributed by atoms with Crippen molar-refractivity contribution in [2.24, 2.45) is 0 Å². The molecule has 0 bridgehead atoms. The highest BCUT2D eigenvalue weighted by atomic mass is 16.5. The number of para-hydroxylation sites is 3. The Labute approximate surface area is 278 Å². The topological polar surface area (TPSA) is 14.2 Å². The van der Waals surface area contributed by atoms with Crippen LogP contribution in [0.25, 0.3) is 82.8 Å². The Bertz CT molecular complexity index is 2690. The molecule has 10 rings (SSSR count). The predicted octanol–water partition coefficient (Wildman–Crippen LogP) is 12.7. The Kier molecular flexibility index (Phi) is 5.91. The summed E-state index contributed by atoms with van der Waals surface area (Å²) in [5.41, 5.74) is 13.1. The zero-order chi connectivity index (χ0) is 31.6. The fraction of sp³-hybridized carbons (Fsp3) is 0. The SMILES string of the molecule is c1ccc(-c2ccc3c4c(cccc24)-c2cc(-c4cccc(-c5cccc6c7ccccc7n(-c7ccccc7)c56)c4)ccc2O3)cc1. The van der Waals surface area contributed by atoms with Gasteiger partial charge in [0.1, 0.15) is 11.5 Å². The van der Waals surface area contributed by atoms with Gasteiger partial charge in [0.15, 0.2) is 0 Å². The first kappa shape index (κ1) is 26.8. The zero-order valence-electron chi connectivity index (χ0n) is 26.1. The van der Waals surface area contributed by atoms with E-state index < -0.39 is 0 Å². The summed E-state index contributed by atoms with van der Waals surface area (Å²) in [6, 6.07) is 63.1. The Morgan fingerprint density at radius 1 is 0.354 bits per heavy atom. The molecule has 0 aliphatic carbocycles. The van der Waals surface area contributed by atoms with Crippen LogP contribution in [0.2, 0.25) is 0 Å². The molecule has 8 aromatic carbocycles. The second-order valence-electron chi connectivity index (χ2n) is 12.5. The van der Waals surface area contributed by atoms with Crippen molar-refractivity contribution in [2.75, 3.05) is 0 Å². The molecule has 224 valence electrons. The highest BCUT2D eigenvalue weighted by Crippen LogP contribution is 2.49. The highest BCUT2D eigenvalue weighted by molar-refractivity contribution is 6.14. The molecular weight excluding hydrogens is 583 g/mol. The van der Waals surface area contributed by atoms with E-state index in [0.29, 0.717) is 0 Å². The Balaban J connectivity index is 1.13. The first-order valence-electron chi connectivity index (χ1n) is 16.4. The molecule has 1 aromatic heterocycles. The maximum Gasteiger partial charge on any atom is 0.135 e. The van der Waals surface area contributed by atoms with Crippen molar-refractivity contribution >= 4 is 32.6 Å². The predicted molar refractivity (Wildman–Crippen MR) is 200 cm³/mol. The zero-order valence-corrected chi connectivity index (χ0v) is 26.1. The maximum atomic E-state index is 6.55. The second kappa shape index (κ2) is 10.6. The van der Waals surface area contributed by atoms with Crippen molar-refractivity contribution in [1.82, 2.24) is 4.57 Å². The van der Waals surface area contributed by atoms with E-state index in [1.807, 2.05) is 0 Å². The normalized spacial score (nSPS) is 11.9. The van der Waals surface area contributed by atoms with Gasteiger partial charge in [0, 0.05) is 33.0 Å². The van der Waals surface area contributed by atoms with Crippen LogP contribution >= 0.6 is 0 Å². The molecule has 0 fully saturated rings. The largest absolute Gasteiger partial charge is 0.456 e. The van der Waals surface area contributed by atoms with Gasteiger partial charge in [0.25, 0.3) is 0 Å². The van der Waals surface area contributed by atoms with Crippen LogP contribution in [-0.2, 0) is 0 Å². The molecule has 1 aliphatic heterocycles. The van der Waals surface area contributed by atoms with Crippen molar-refractivity contribution in [2.45, 2.75) is 0 Å². The fourth-order valence-corrected chi connectivity index (χ4v) is 7.64. The molecule has 0 amide bonds. The lowest BCUT2D eigenvalue weighted by molar-refractivity contribution is 0.487. The molecule has 0 saturated heterocycles. The van der Waals surface area contributed by atoms with E-state index in [2.05, 4.69) is 180 Å². The number of hydrogen-bond donors (Lipinski definition) is 0. The molecule has 2 heterocycles. The average Bonchev–Trinajstić information content (AvgIpc) is 3.50. The van der Waals surface area contributed by atoms with E-state index >= 15 is 0 Å². The quantitative estimate of drug-likeness (QED) is 0.193. The average molecular weight is 612 g/mol. The van der Waals surface area contributed by atoms with Gasteiger partial charge in [0.05, 0.1) is 11.0 Å². The molecule has 2 nitrogen and oxygen atoms in total. The summed E-state index contributed by atoms with van der Waals surface area (Å²) >= 11 is 0. The van der Waals surface area contributed by atoms with Crippen molar-refractivity contribution in [3.63, 3.8) is 0 Å². The van der Waals surface area contributed by atoms with Crippen LogP contribution in [0.15, 0.2) is 176 Å². The first-order valence-corrected chi connectivity index (χ1v) is 16.4. The smallest absolute Gasteiger partial charge is 0.135 e. The lowest BCUT2D eigenvalue weighted by atomic mass is 9.89. The van der Waals surface area contributed by atoms with Crippen LogP contribution in [0.1, 0.15) is 0 Å². The van der Waals surface area contributed by atoms with E-state index in [9.17, 15) is 0 Å². The van der Waals surface area contributed by atoms with Gasteiger partial charge in [-0.2, -0.15) is 0 Å². The number of hydrogen-bond acceptors (Lipinski definition) is 1. The summed E-state index contributed by atoms with van der Waals surface area (Å²) in [7, 11) is 0. The van der Waals surface area contributed by atoms with Gasteiger partial charge in [-0.15, -0.1) is 0 Å². The fourth-order valence-electron chi connectivity index (χ4n) is 7.64. The van der Waals surface area contributed by atoms with Crippen LogP contribution < -0.4 is 4.74 Å². The van der Waals surface area contributed by atoms with Crippen LogP contribution in [-0.4, -0.2) is 4.57 Å². The molecule has 2 heteroatoms. The molecule has 48 heavy (non-hydrogen) atoms. The van der Waals surface area contributed by atoms with Gasteiger partial charge in [-0.05, 0) is 81.2 Å². The number of nitrogens with zero attached hydrogens (tertiary/aromatic N) is 1. The summed E-state index contributed by atoms with van der Waals surface area (Å²) < 4.78 is 8.96. The van der Waals surface area contributed by atoms with E-state index in [0.717, 1.165) is 33.7 Å². The summed E-state index contributed by atoms with van der Waals surface area (Å²) in [5.74, 6) is 1.80. The third-order valence-corrected chi connectivity index (χ3v) is 9.79. The summed E-state index contributed by atoms with van der Waals surface area (Å²) in [4.78, 5) is 0. The minimum atomic E-state index is 0.888. The molecule has 0 saturated carbocycles. The lowest BCUT2D eigenvalue weighted by Gasteiger charge is -2.23. The van der Waals surface area contributed by atoms with Crippen molar-refractivity contribution in [3.05, 3.63) is 176 Å². The van der Waals surface area contributed by atoms with Crippen LogP contribution in [0.5, 0.6) is 11.5 Å². The molecular formula is C46H29NO. The van der Waals surface area contributed by atoms with E-state index in [1.54, 1.807) is 0 Å². The van der Waals surface area contributed by atoms with Gasteiger partial charge in [-0.3, -0.25) is 0 Å². The van der Waals surface area contributed by atoms with E-state index in [1.165, 1.54) is 60.6 Å². The molecule has 0 spiro atoms. The van der Waals surface area contributed by atoms with Crippen LogP contribution in [0.4, 0.5) is 0 Å². The van der Waals surface area contributed by atoms with Gasteiger partial charge in [-0.25, -0.2) is 0 Å². The number of fused-ring (bicyclic) bond motifs is 5. The number of aromatic nitrogens is 1. The van der Waals surface area contributed by atoms with E-state index in [4.69, 9.17) is 4.74 Å². The Morgan fingerprint density at radius 3 is 1.88 bits per heavy atom. The van der Waals surface area contributed by atoms with Crippen molar-refractivity contribution < 1.29 is 4.74 Å². The second-order valence-corrected chi connectivity index (χ2v) is 12.5. The number of benzene rings is 8. The Morgan fingerprint density at radius 2 is 1.00 bits per heavy atom. The van der Waals surface area contributed by atoms with Crippen LogP contribution in [0.3, 0.4) is 0 Å².